The minimum Gasteiger partial charge on any atom is -0.463 e. The van der Waals surface area contributed by atoms with Gasteiger partial charge in [0.15, 0.2) is 0 Å². The molecule has 152 valence electrons. The van der Waals surface area contributed by atoms with Gasteiger partial charge in [-0.25, -0.2) is 9.59 Å². The zero-order valence-electron chi connectivity index (χ0n) is 17.0. The zero-order valence-corrected chi connectivity index (χ0v) is 17.0. The fourth-order valence-electron chi connectivity index (χ4n) is 3.72. The Morgan fingerprint density at radius 2 is 1.62 bits per heavy atom. The number of hydrogen-bond acceptors (Lipinski definition) is 4. The largest absolute Gasteiger partial charge is 0.463 e. The molecule has 0 fully saturated rings. The van der Waals surface area contributed by atoms with Crippen molar-refractivity contribution in [2.45, 2.75) is 25.9 Å². The van der Waals surface area contributed by atoms with Crippen LogP contribution in [0.1, 0.15) is 31.0 Å². The lowest BCUT2D eigenvalue weighted by atomic mass is 9.96. The number of nitrogens with zero attached hydrogens (tertiary/aromatic N) is 1. The van der Waals surface area contributed by atoms with Gasteiger partial charge in [-0.15, -0.1) is 0 Å². The average molecular weight is 393 g/mol. The van der Waals surface area contributed by atoms with Gasteiger partial charge in [-0.05, 0) is 32.0 Å². The van der Waals surface area contributed by atoms with Crippen LogP contribution in [0.2, 0.25) is 0 Å². The molecular weight excluding hydrogens is 366 g/mol. The summed E-state index contributed by atoms with van der Waals surface area (Å²) in [5.41, 5.74) is 3.29. The highest BCUT2D eigenvalue weighted by molar-refractivity contribution is 5.94. The fourth-order valence-corrected chi connectivity index (χ4v) is 3.72. The first kappa shape index (κ1) is 20.6. The number of amides is 2. The molecule has 0 radical (unpaired) electrons. The molecule has 1 atom stereocenters. The standard InChI is InChI=1S/C23H27N3O3/c1-4-29-22(27)20-16(2)24-23(28)25-19(20)15-26(3)21(17-11-7-5-8-12-17)18-13-9-6-10-14-18/h5-14,16,21H,4,15H2,1-3H3,(H2,24,25,28). The first-order chi connectivity index (χ1) is 14.0. The van der Waals surface area contributed by atoms with Crippen LogP contribution in [0, 0.1) is 0 Å². The van der Waals surface area contributed by atoms with Gasteiger partial charge in [0.25, 0.3) is 0 Å². The number of carbonyl (C=O) groups excluding carboxylic acids is 2. The van der Waals surface area contributed by atoms with E-state index in [1.165, 1.54) is 0 Å². The summed E-state index contributed by atoms with van der Waals surface area (Å²) in [6.45, 7) is 4.23. The van der Waals surface area contributed by atoms with Gasteiger partial charge in [0.05, 0.1) is 24.3 Å². The minimum absolute atomic E-state index is 0.0320. The van der Waals surface area contributed by atoms with Gasteiger partial charge in [0, 0.05) is 12.2 Å². The van der Waals surface area contributed by atoms with Crippen LogP contribution in [0.25, 0.3) is 0 Å². The number of likely N-dealkylation sites (N-methyl/N-ethyl adjacent to an activating group) is 1. The third-order valence-corrected chi connectivity index (χ3v) is 4.94. The second kappa shape index (κ2) is 9.39. The SMILES string of the molecule is CCOC(=O)C1=C(CN(C)C(c2ccccc2)c2ccccc2)NC(=O)NC1C. The monoisotopic (exact) mass is 393 g/mol. The number of rotatable bonds is 7. The lowest BCUT2D eigenvalue weighted by Crippen LogP contribution is -2.51. The molecule has 2 aromatic carbocycles. The van der Waals surface area contributed by atoms with Crippen LogP contribution in [-0.4, -0.2) is 43.1 Å². The summed E-state index contributed by atoms with van der Waals surface area (Å²) in [6.07, 6.45) is 0. The van der Waals surface area contributed by atoms with Crippen molar-refractivity contribution < 1.29 is 14.3 Å². The lowest BCUT2D eigenvalue weighted by molar-refractivity contribution is -0.139. The Morgan fingerprint density at radius 1 is 1.07 bits per heavy atom. The third-order valence-electron chi connectivity index (χ3n) is 4.94. The highest BCUT2D eigenvalue weighted by Crippen LogP contribution is 2.28. The van der Waals surface area contributed by atoms with Crippen LogP contribution in [-0.2, 0) is 9.53 Å². The number of urea groups is 1. The highest BCUT2D eigenvalue weighted by atomic mass is 16.5. The molecule has 29 heavy (non-hydrogen) atoms. The van der Waals surface area contributed by atoms with Gasteiger partial charge in [-0.3, -0.25) is 4.90 Å². The van der Waals surface area contributed by atoms with E-state index in [2.05, 4.69) is 39.8 Å². The second-order valence-electron chi connectivity index (χ2n) is 7.07. The molecule has 6 nitrogen and oxygen atoms in total. The van der Waals surface area contributed by atoms with E-state index >= 15 is 0 Å². The molecule has 6 heteroatoms. The number of carbonyl (C=O) groups is 2. The molecule has 0 saturated heterocycles. The lowest BCUT2D eigenvalue weighted by Gasteiger charge is -2.33. The fraction of sp³-hybridized carbons (Fsp3) is 0.304. The first-order valence-corrected chi connectivity index (χ1v) is 9.79. The van der Waals surface area contributed by atoms with Gasteiger partial charge >= 0.3 is 12.0 Å². The molecule has 1 heterocycles. The van der Waals surface area contributed by atoms with Gasteiger partial charge in [-0.2, -0.15) is 0 Å². The second-order valence-corrected chi connectivity index (χ2v) is 7.07. The van der Waals surface area contributed by atoms with Crippen molar-refractivity contribution in [2.24, 2.45) is 0 Å². The quantitative estimate of drug-likeness (QED) is 0.709. The van der Waals surface area contributed by atoms with Crippen LogP contribution < -0.4 is 10.6 Å². The molecule has 0 aliphatic carbocycles. The first-order valence-electron chi connectivity index (χ1n) is 9.79. The Bertz CT molecular complexity index is 841. The summed E-state index contributed by atoms with van der Waals surface area (Å²) in [5.74, 6) is -0.410. The number of nitrogens with one attached hydrogen (secondary N) is 2. The number of esters is 1. The molecule has 0 bridgehead atoms. The molecule has 0 saturated carbocycles. The van der Waals surface area contributed by atoms with Gasteiger partial charge in [0.2, 0.25) is 0 Å². The summed E-state index contributed by atoms with van der Waals surface area (Å²) in [4.78, 5) is 26.7. The topological polar surface area (TPSA) is 70.7 Å². The number of hydrogen-bond donors (Lipinski definition) is 2. The van der Waals surface area contributed by atoms with Crippen molar-refractivity contribution in [1.82, 2.24) is 15.5 Å². The minimum atomic E-state index is -0.418. The number of benzene rings is 2. The molecule has 1 unspecified atom stereocenters. The van der Waals surface area contributed by atoms with Crippen LogP contribution in [0.15, 0.2) is 71.9 Å². The Hall–Kier alpha value is -3.12. The molecule has 2 aromatic rings. The van der Waals surface area contributed by atoms with E-state index in [1.54, 1.807) is 13.8 Å². The predicted molar refractivity (Wildman–Crippen MR) is 112 cm³/mol. The molecular formula is C23H27N3O3. The molecule has 3 rings (SSSR count). The Labute approximate surface area is 171 Å². The van der Waals surface area contributed by atoms with Crippen molar-refractivity contribution in [3.05, 3.63) is 83.1 Å². The van der Waals surface area contributed by atoms with Crippen LogP contribution in [0.4, 0.5) is 4.79 Å². The normalized spacial score (nSPS) is 16.6. The molecule has 1 aliphatic heterocycles. The van der Waals surface area contributed by atoms with E-state index in [-0.39, 0.29) is 18.7 Å². The van der Waals surface area contributed by atoms with Gasteiger partial charge in [0.1, 0.15) is 0 Å². The van der Waals surface area contributed by atoms with E-state index < -0.39 is 12.0 Å². The summed E-state index contributed by atoms with van der Waals surface area (Å²) in [6, 6.07) is 19.6. The van der Waals surface area contributed by atoms with Crippen molar-refractivity contribution in [3.8, 4) is 0 Å². The van der Waals surface area contributed by atoms with E-state index in [0.717, 1.165) is 11.1 Å². The summed E-state index contributed by atoms with van der Waals surface area (Å²) >= 11 is 0. The van der Waals surface area contributed by atoms with E-state index in [9.17, 15) is 9.59 Å². The average Bonchev–Trinajstić information content (AvgIpc) is 2.69. The molecule has 0 spiro atoms. The van der Waals surface area contributed by atoms with E-state index in [0.29, 0.717) is 17.8 Å². The third kappa shape index (κ3) is 4.84. The summed E-state index contributed by atoms with van der Waals surface area (Å²) in [7, 11) is 1.99. The van der Waals surface area contributed by atoms with Crippen LogP contribution in [0.5, 0.6) is 0 Å². The summed E-state index contributed by atoms with van der Waals surface area (Å²) < 4.78 is 5.22. The smallest absolute Gasteiger partial charge is 0.337 e. The summed E-state index contributed by atoms with van der Waals surface area (Å²) in [5, 5.41) is 5.55. The molecule has 0 aromatic heterocycles. The van der Waals surface area contributed by atoms with E-state index in [4.69, 9.17) is 4.74 Å². The Balaban J connectivity index is 1.97. The highest BCUT2D eigenvalue weighted by Gasteiger charge is 2.31. The van der Waals surface area contributed by atoms with Crippen molar-refractivity contribution in [3.63, 3.8) is 0 Å². The van der Waals surface area contributed by atoms with Crippen molar-refractivity contribution in [1.29, 1.82) is 0 Å². The van der Waals surface area contributed by atoms with Crippen LogP contribution in [0.3, 0.4) is 0 Å². The molecule has 2 amide bonds. The Kier molecular flexibility index (Phi) is 6.67. The number of ether oxygens (including phenoxy) is 1. The zero-order chi connectivity index (χ0) is 20.8. The maximum Gasteiger partial charge on any atom is 0.337 e. The Morgan fingerprint density at radius 3 is 2.14 bits per heavy atom. The molecule has 2 N–H and O–H groups in total. The van der Waals surface area contributed by atoms with Crippen molar-refractivity contribution in [2.75, 3.05) is 20.2 Å². The predicted octanol–water partition coefficient (Wildman–Crippen LogP) is 3.23. The maximum atomic E-state index is 12.5. The molecule has 1 aliphatic rings. The van der Waals surface area contributed by atoms with Gasteiger partial charge in [-0.1, -0.05) is 60.7 Å². The van der Waals surface area contributed by atoms with Crippen LogP contribution >= 0.6 is 0 Å². The van der Waals surface area contributed by atoms with Crippen molar-refractivity contribution >= 4 is 12.0 Å². The van der Waals surface area contributed by atoms with E-state index in [1.807, 2.05) is 43.4 Å². The van der Waals surface area contributed by atoms with Gasteiger partial charge < -0.3 is 15.4 Å². The maximum absolute atomic E-state index is 12.5.